The lowest BCUT2D eigenvalue weighted by Gasteiger charge is -2.05. The predicted molar refractivity (Wildman–Crippen MR) is 73.2 cm³/mol. The number of rotatable bonds is 4. The molecule has 0 atom stereocenters. The number of hydrogen-bond donors (Lipinski definition) is 1. The maximum atomic E-state index is 11.7. The Labute approximate surface area is 121 Å². The number of nitrogens with one attached hydrogen (secondary N) is 1. The van der Waals surface area contributed by atoms with Crippen molar-refractivity contribution in [2.24, 2.45) is 0 Å². The zero-order valence-electron chi connectivity index (χ0n) is 11.6. The Kier molecular flexibility index (Phi) is 4.22. The molecule has 1 N–H and O–H groups in total. The number of urea groups is 1. The molecule has 1 fully saturated rings. The summed E-state index contributed by atoms with van der Waals surface area (Å²) in [5, 5.41) is 2.47. The third kappa shape index (κ3) is 3.38. The SMILES string of the molecule is COC(=O)COc1ccc(/C=C2/NC(=O)N(C)C2=O)cc1. The Bertz CT molecular complexity index is 606. The van der Waals surface area contributed by atoms with Crippen LogP contribution in [0.25, 0.3) is 6.08 Å². The summed E-state index contributed by atoms with van der Waals surface area (Å²) in [6.07, 6.45) is 1.56. The summed E-state index contributed by atoms with van der Waals surface area (Å²) in [5.41, 5.74) is 0.935. The number of hydrogen-bond acceptors (Lipinski definition) is 5. The molecule has 0 aromatic heterocycles. The maximum absolute atomic E-state index is 11.7. The van der Waals surface area contributed by atoms with E-state index >= 15 is 0 Å². The fraction of sp³-hybridized carbons (Fsp3) is 0.214. The molecule has 0 bridgehead atoms. The minimum atomic E-state index is -0.469. The van der Waals surface area contributed by atoms with Crippen molar-refractivity contribution in [2.75, 3.05) is 20.8 Å². The van der Waals surface area contributed by atoms with E-state index in [4.69, 9.17) is 4.74 Å². The van der Waals surface area contributed by atoms with Crippen molar-refractivity contribution >= 4 is 24.0 Å². The molecule has 0 unspecified atom stereocenters. The summed E-state index contributed by atoms with van der Waals surface area (Å²) < 4.78 is 9.66. The lowest BCUT2D eigenvalue weighted by molar-refractivity contribution is -0.142. The summed E-state index contributed by atoms with van der Waals surface area (Å²) in [6, 6.07) is 6.26. The van der Waals surface area contributed by atoms with E-state index in [1.54, 1.807) is 30.3 Å². The van der Waals surface area contributed by atoms with Crippen molar-refractivity contribution in [3.05, 3.63) is 35.5 Å². The van der Waals surface area contributed by atoms with Crippen LogP contribution >= 0.6 is 0 Å². The molecular formula is C14H14N2O5. The molecule has 0 radical (unpaired) electrons. The zero-order valence-corrected chi connectivity index (χ0v) is 11.6. The van der Waals surface area contributed by atoms with Crippen LogP contribution in [-0.2, 0) is 14.3 Å². The van der Waals surface area contributed by atoms with E-state index in [0.717, 1.165) is 10.5 Å². The zero-order chi connectivity index (χ0) is 15.4. The molecular weight excluding hydrogens is 276 g/mol. The van der Waals surface area contributed by atoms with Crippen LogP contribution in [0.5, 0.6) is 5.75 Å². The number of methoxy groups -OCH3 is 1. The molecule has 7 nitrogen and oxygen atoms in total. The standard InChI is InChI=1S/C14H14N2O5/c1-16-13(18)11(15-14(16)19)7-9-3-5-10(6-4-9)21-8-12(17)20-2/h3-7H,8H2,1-2H3,(H,15,19)/b11-7+. The Morgan fingerprint density at radius 3 is 2.48 bits per heavy atom. The van der Waals surface area contributed by atoms with Crippen LogP contribution in [-0.4, -0.2) is 43.6 Å². The van der Waals surface area contributed by atoms with E-state index in [1.165, 1.54) is 14.2 Å². The molecule has 1 aromatic rings. The first-order valence-corrected chi connectivity index (χ1v) is 6.11. The van der Waals surface area contributed by atoms with E-state index < -0.39 is 12.0 Å². The topological polar surface area (TPSA) is 84.9 Å². The number of ether oxygens (including phenoxy) is 2. The molecule has 1 aromatic carbocycles. The molecule has 1 heterocycles. The second-order valence-corrected chi connectivity index (χ2v) is 4.29. The first-order valence-electron chi connectivity index (χ1n) is 6.11. The van der Waals surface area contributed by atoms with Gasteiger partial charge < -0.3 is 14.8 Å². The van der Waals surface area contributed by atoms with Gasteiger partial charge in [0.05, 0.1) is 7.11 Å². The van der Waals surface area contributed by atoms with Gasteiger partial charge in [-0.25, -0.2) is 9.59 Å². The molecule has 1 aliphatic heterocycles. The summed E-state index contributed by atoms with van der Waals surface area (Å²) in [7, 11) is 2.69. The summed E-state index contributed by atoms with van der Waals surface area (Å²) in [4.78, 5) is 34.9. The van der Waals surface area contributed by atoms with Gasteiger partial charge >= 0.3 is 12.0 Å². The van der Waals surface area contributed by atoms with Gasteiger partial charge in [0, 0.05) is 7.05 Å². The second kappa shape index (κ2) is 6.08. The van der Waals surface area contributed by atoms with Gasteiger partial charge in [-0.2, -0.15) is 0 Å². The van der Waals surface area contributed by atoms with Crippen molar-refractivity contribution in [3.63, 3.8) is 0 Å². The third-order valence-electron chi connectivity index (χ3n) is 2.86. The Morgan fingerprint density at radius 2 is 1.95 bits per heavy atom. The van der Waals surface area contributed by atoms with Gasteiger partial charge in [0.1, 0.15) is 11.4 Å². The van der Waals surface area contributed by atoms with Crippen LogP contribution < -0.4 is 10.1 Å². The second-order valence-electron chi connectivity index (χ2n) is 4.29. The summed E-state index contributed by atoms with van der Waals surface area (Å²) in [5.74, 6) is -0.351. The van der Waals surface area contributed by atoms with Crippen molar-refractivity contribution in [1.29, 1.82) is 0 Å². The number of amides is 3. The van der Waals surface area contributed by atoms with E-state index in [9.17, 15) is 14.4 Å². The molecule has 0 saturated carbocycles. The van der Waals surface area contributed by atoms with Crippen LogP contribution in [0.15, 0.2) is 30.0 Å². The molecule has 21 heavy (non-hydrogen) atoms. The Morgan fingerprint density at radius 1 is 1.29 bits per heavy atom. The largest absolute Gasteiger partial charge is 0.482 e. The number of carbonyl (C=O) groups is 3. The van der Waals surface area contributed by atoms with Gasteiger partial charge in [-0.05, 0) is 23.8 Å². The minimum Gasteiger partial charge on any atom is -0.482 e. The van der Waals surface area contributed by atoms with Crippen LogP contribution in [0.3, 0.4) is 0 Å². The lowest BCUT2D eigenvalue weighted by atomic mass is 10.2. The monoisotopic (exact) mass is 290 g/mol. The number of benzene rings is 1. The van der Waals surface area contributed by atoms with Crippen LogP contribution in [0, 0.1) is 0 Å². The highest BCUT2D eigenvalue weighted by molar-refractivity contribution is 6.13. The fourth-order valence-corrected chi connectivity index (χ4v) is 1.65. The molecule has 3 amide bonds. The van der Waals surface area contributed by atoms with Gasteiger partial charge in [-0.1, -0.05) is 12.1 Å². The Balaban J connectivity index is 2.04. The molecule has 1 aliphatic rings. The maximum Gasteiger partial charge on any atom is 0.343 e. The van der Waals surface area contributed by atoms with Crippen LogP contribution in [0.1, 0.15) is 5.56 Å². The highest BCUT2D eigenvalue weighted by Gasteiger charge is 2.29. The van der Waals surface area contributed by atoms with Gasteiger partial charge in [0.25, 0.3) is 5.91 Å². The third-order valence-corrected chi connectivity index (χ3v) is 2.86. The van der Waals surface area contributed by atoms with E-state index in [1.807, 2.05) is 0 Å². The highest BCUT2D eigenvalue weighted by atomic mass is 16.6. The number of nitrogens with zero attached hydrogens (tertiary/aromatic N) is 1. The normalized spacial score (nSPS) is 16.1. The van der Waals surface area contributed by atoms with Crippen LogP contribution in [0.2, 0.25) is 0 Å². The first kappa shape index (κ1) is 14.6. The van der Waals surface area contributed by atoms with Gasteiger partial charge in [-0.3, -0.25) is 9.69 Å². The average Bonchev–Trinajstić information content (AvgIpc) is 2.73. The summed E-state index contributed by atoms with van der Waals surface area (Å²) in [6.45, 7) is -0.170. The number of likely N-dealkylation sites (N-methyl/N-ethyl adjacent to an activating group) is 1. The van der Waals surface area contributed by atoms with Crippen molar-refractivity contribution in [2.45, 2.75) is 0 Å². The van der Waals surface area contributed by atoms with Crippen molar-refractivity contribution in [1.82, 2.24) is 10.2 Å². The highest BCUT2D eigenvalue weighted by Crippen LogP contribution is 2.16. The molecule has 1 saturated heterocycles. The summed E-state index contributed by atoms with van der Waals surface area (Å²) >= 11 is 0. The number of carbonyl (C=O) groups excluding carboxylic acids is 3. The molecule has 0 spiro atoms. The van der Waals surface area contributed by atoms with Crippen molar-refractivity contribution < 1.29 is 23.9 Å². The number of esters is 1. The van der Waals surface area contributed by atoms with E-state index in [0.29, 0.717) is 5.75 Å². The minimum absolute atomic E-state index is 0.170. The molecule has 7 heteroatoms. The number of imide groups is 1. The smallest absolute Gasteiger partial charge is 0.343 e. The molecule has 2 rings (SSSR count). The first-order chi connectivity index (χ1) is 10.0. The van der Waals surface area contributed by atoms with Gasteiger partial charge in [-0.15, -0.1) is 0 Å². The van der Waals surface area contributed by atoms with E-state index in [-0.39, 0.29) is 18.2 Å². The van der Waals surface area contributed by atoms with Crippen LogP contribution in [0.4, 0.5) is 4.79 Å². The van der Waals surface area contributed by atoms with E-state index in [2.05, 4.69) is 10.1 Å². The average molecular weight is 290 g/mol. The molecule has 0 aliphatic carbocycles. The quantitative estimate of drug-likeness (QED) is 0.503. The fourth-order valence-electron chi connectivity index (χ4n) is 1.65. The lowest BCUT2D eigenvalue weighted by Crippen LogP contribution is -2.25. The van der Waals surface area contributed by atoms with Crippen molar-refractivity contribution in [3.8, 4) is 5.75 Å². The molecule has 110 valence electrons. The van der Waals surface area contributed by atoms with Gasteiger partial charge in [0.15, 0.2) is 6.61 Å². The predicted octanol–water partition coefficient (Wildman–Crippen LogP) is 0.761. The van der Waals surface area contributed by atoms with Gasteiger partial charge in [0.2, 0.25) is 0 Å². The Hall–Kier alpha value is -2.83.